The summed E-state index contributed by atoms with van der Waals surface area (Å²) in [7, 11) is 0. The Labute approximate surface area is 147 Å². The molecule has 134 valence electrons. The molecule has 5 nitrogen and oxygen atoms in total. The summed E-state index contributed by atoms with van der Waals surface area (Å²) in [6.45, 7) is 6.06. The summed E-state index contributed by atoms with van der Waals surface area (Å²) in [5.74, 6) is -0.289. The lowest BCUT2D eigenvalue weighted by molar-refractivity contribution is 0.0764. The molecule has 0 atom stereocenters. The van der Waals surface area contributed by atoms with Crippen LogP contribution < -0.4 is 4.74 Å². The smallest absolute Gasteiger partial charge is 0.274 e. The number of H-pyrrole nitrogens is 1. The lowest BCUT2D eigenvalue weighted by atomic mass is 9.82. The van der Waals surface area contributed by atoms with E-state index in [0.717, 1.165) is 32.4 Å². The van der Waals surface area contributed by atoms with Crippen LogP contribution in [-0.2, 0) is 6.61 Å². The Hall–Kier alpha value is -2.37. The number of aromatic nitrogens is 2. The van der Waals surface area contributed by atoms with Gasteiger partial charge in [0.1, 0.15) is 6.61 Å². The van der Waals surface area contributed by atoms with Gasteiger partial charge in [0.2, 0.25) is 0 Å². The fourth-order valence-corrected chi connectivity index (χ4v) is 3.36. The molecule has 2 aromatic rings. The number of ether oxygens (including phenoxy) is 1. The van der Waals surface area contributed by atoms with Gasteiger partial charge in [0.15, 0.2) is 17.3 Å². The van der Waals surface area contributed by atoms with Crippen LogP contribution in [0, 0.1) is 11.2 Å². The van der Waals surface area contributed by atoms with Crippen molar-refractivity contribution in [1.29, 1.82) is 0 Å². The average molecular weight is 345 g/mol. The third-order valence-corrected chi connectivity index (χ3v) is 5.30. The summed E-state index contributed by atoms with van der Waals surface area (Å²) in [6, 6.07) is 7.91. The van der Waals surface area contributed by atoms with Crippen LogP contribution in [0.1, 0.15) is 49.3 Å². The maximum atomic E-state index is 13.6. The zero-order chi connectivity index (χ0) is 17.9. The van der Waals surface area contributed by atoms with E-state index in [1.54, 1.807) is 24.3 Å². The number of para-hydroxylation sites is 1. The van der Waals surface area contributed by atoms with E-state index in [4.69, 9.17) is 4.74 Å². The Morgan fingerprint density at radius 1 is 1.36 bits per heavy atom. The number of aromatic amines is 1. The Balaban J connectivity index is 1.62. The quantitative estimate of drug-likeness (QED) is 0.867. The molecule has 25 heavy (non-hydrogen) atoms. The summed E-state index contributed by atoms with van der Waals surface area (Å²) in [6.07, 6.45) is 3.20. The standard InChI is InChI=1S/C19H24FN3O2/c1-3-19(4-2)9-10-23(13-19)18(24)16-11-14(21-22-16)12-25-17-8-6-5-7-15(17)20/h5-8,11H,3-4,9-10,12-13H2,1-2H3,(H,21,22). The van der Waals surface area contributed by atoms with E-state index in [2.05, 4.69) is 24.0 Å². The molecule has 0 bridgehead atoms. The van der Waals surface area contributed by atoms with Crippen LogP contribution in [-0.4, -0.2) is 34.1 Å². The van der Waals surface area contributed by atoms with Crippen molar-refractivity contribution in [2.45, 2.75) is 39.7 Å². The van der Waals surface area contributed by atoms with Gasteiger partial charge in [-0.05, 0) is 42.9 Å². The van der Waals surface area contributed by atoms with Crippen LogP contribution in [0.4, 0.5) is 4.39 Å². The molecule has 0 aliphatic carbocycles. The van der Waals surface area contributed by atoms with Gasteiger partial charge in [-0.15, -0.1) is 0 Å². The van der Waals surface area contributed by atoms with Crippen molar-refractivity contribution in [3.8, 4) is 5.75 Å². The number of hydrogen-bond donors (Lipinski definition) is 1. The van der Waals surface area contributed by atoms with Gasteiger partial charge in [-0.2, -0.15) is 5.10 Å². The number of likely N-dealkylation sites (tertiary alicyclic amines) is 1. The number of rotatable bonds is 6. The van der Waals surface area contributed by atoms with E-state index >= 15 is 0 Å². The Bertz CT molecular complexity index is 740. The highest BCUT2D eigenvalue weighted by Crippen LogP contribution is 2.37. The number of benzene rings is 1. The first-order valence-electron chi connectivity index (χ1n) is 8.78. The number of carbonyl (C=O) groups is 1. The third-order valence-electron chi connectivity index (χ3n) is 5.30. The normalized spacial score (nSPS) is 16.2. The van der Waals surface area contributed by atoms with Gasteiger partial charge in [-0.3, -0.25) is 9.89 Å². The van der Waals surface area contributed by atoms with Crippen LogP contribution in [0.2, 0.25) is 0 Å². The summed E-state index contributed by atoms with van der Waals surface area (Å²) in [4.78, 5) is 14.5. The van der Waals surface area contributed by atoms with E-state index in [1.807, 2.05) is 4.90 Å². The zero-order valence-electron chi connectivity index (χ0n) is 14.7. The highest BCUT2D eigenvalue weighted by atomic mass is 19.1. The second-order valence-electron chi connectivity index (χ2n) is 6.68. The molecular weight excluding hydrogens is 321 g/mol. The number of amides is 1. The van der Waals surface area contributed by atoms with E-state index < -0.39 is 5.82 Å². The molecule has 1 aromatic heterocycles. The van der Waals surface area contributed by atoms with Crippen molar-refractivity contribution in [3.63, 3.8) is 0 Å². The van der Waals surface area contributed by atoms with Crippen molar-refractivity contribution >= 4 is 5.91 Å². The monoisotopic (exact) mass is 345 g/mol. The predicted octanol–water partition coefficient (Wildman–Crippen LogP) is 3.78. The average Bonchev–Trinajstić information content (AvgIpc) is 3.28. The van der Waals surface area contributed by atoms with Gasteiger partial charge in [-0.25, -0.2) is 4.39 Å². The molecule has 0 unspecified atom stereocenters. The van der Waals surface area contributed by atoms with Crippen LogP contribution in [0.5, 0.6) is 5.75 Å². The van der Waals surface area contributed by atoms with E-state index in [1.165, 1.54) is 6.07 Å². The molecule has 3 rings (SSSR count). The van der Waals surface area contributed by atoms with E-state index in [9.17, 15) is 9.18 Å². The molecule has 1 amide bonds. The summed E-state index contributed by atoms with van der Waals surface area (Å²) < 4.78 is 19.0. The zero-order valence-corrected chi connectivity index (χ0v) is 14.7. The van der Waals surface area contributed by atoms with E-state index in [0.29, 0.717) is 11.4 Å². The summed E-state index contributed by atoms with van der Waals surface area (Å²) >= 11 is 0. The molecular formula is C19H24FN3O2. The molecule has 0 saturated carbocycles. The molecule has 1 aliphatic rings. The fraction of sp³-hybridized carbons (Fsp3) is 0.474. The van der Waals surface area contributed by atoms with Crippen molar-refractivity contribution in [3.05, 3.63) is 47.5 Å². The van der Waals surface area contributed by atoms with Crippen LogP contribution in [0.25, 0.3) is 0 Å². The van der Waals surface area contributed by atoms with Crippen molar-refractivity contribution in [1.82, 2.24) is 15.1 Å². The molecule has 1 saturated heterocycles. The van der Waals surface area contributed by atoms with Crippen LogP contribution in [0.15, 0.2) is 30.3 Å². The number of carbonyl (C=O) groups excluding carboxylic acids is 1. The first-order chi connectivity index (χ1) is 12.1. The summed E-state index contributed by atoms with van der Waals surface area (Å²) in [5.41, 5.74) is 1.26. The van der Waals surface area contributed by atoms with Crippen molar-refractivity contribution in [2.24, 2.45) is 5.41 Å². The molecule has 2 heterocycles. The third kappa shape index (κ3) is 3.67. The molecule has 0 radical (unpaired) electrons. The summed E-state index contributed by atoms with van der Waals surface area (Å²) in [5, 5.41) is 6.91. The Kier molecular flexibility index (Phi) is 5.06. The predicted molar refractivity (Wildman–Crippen MR) is 92.9 cm³/mol. The largest absolute Gasteiger partial charge is 0.484 e. The Morgan fingerprint density at radius 3 is 2.80 bits per heavy atom. The highest BCUT2D eigenvalue weighted by molar-refractivity contribution is 5.92. The highest BCUT2D eigenvalue weighted by Gasteiger charge is 2.37. The number of halogens is 1. The first kappa shape index (κ1) is 17.5. The lowest BCUT2D eigenvalue weighted by Crippen LogP contribution is -2.32. The minimum Gasteiger partial charge on any atom is -0.484 e. The second kappa shape index (κ2) is 7.25. The molecule has 1 aromatic carbocycles. The van der Waals surface area contributed by atoms with Crippen LogP contribution >= 0.6 is 0 Å². The number of hydrogen-bond acceptors (Lipinski definition) is 3. The van der Waals surface area contributed by atoms with Gasteiger partial charge in [0.25, 0.3) is 5.91 Å². The van der Waals surface area contributed by atoms with Gasteiger partial charge in [-0.1, -0.05) is 26.0 Å². The van der Waals surface area contributed by atoms with Gasteiger partial charge < -0.3 is 9.64 Å². The minimum atomic E-state index is -0.411. The SMILES string of the molecule is CCC1(CC)CCN(C(=O)c2cc(COc3ccccc3F)[nH]n2)C1. The number of nitrogens with zero attached hydrogens (tertiary/aromatic N) is 2. The van der Waals surface area contributed by atoms with Crippen molar-refractivity contribution in [2.75, 3.05) is 13.1 Å². The molecule has 0 spiro atoms. The first-order valence-corrected chi connectivity index (χ1v) is 8.78. The lowest BCUT2D eigenvalue weighted by Gasteiger charge is -2.26. The van der Waals surface area contributed by atoms with Crippen LogP contribution in [0.3, 0.4) is 0 Å². The Morgan fingerprint density at radius 2 is 2.12 bits per heavy atom. The number of nitrogens with one attached hydrogen (secondary N) is 1. The molecule has 1 aliphatic heterocycles. The maximum Gasteiger partial charge on any atom is 0.274 e. The topological polar surface area (TPSA) is 58.2 Å². The van der Waals surface area contributed by atoms with Crippen molar-refractivity contribution < 1.29 is 13.9 Å². The van der Waals surface area contributed by atoms with Gasteiger partial charge in [0, 0.05) is 13.1 Å². The molecule has 6 heteroatoms. The molecule has 1 fully saturated rings. The van der Waals surface area contributed by atoms with E-state index in [-0.39, 0.29) is 23.7 Å². The van der Waals surface area contributed by atoms with Gasteiger partial charge >= 0.3 is 0 Å². The fourth-order valence-electron chi connectivity index (χ4n) is 3.36. The second-order valence-corrected chi connectivity index (χ2v) is 6.68. The van der Waals surface area contributed by atoms with Gasteiger partial charge in [0.05, 0.1) is 5.69 Å². The minimum absolute atomic E-state index is 0.0582. The molecule has 1 N–H and O–H groups in total. The maximum absolute atomic E-state index is 13.6.